The van der Waals surface area contributed by atoms with Crippen molar-refractivity contribution >= 4 is 5.97 Å². The molecule has 0 unspecified atom stereocenters. The number of hydrogen-bond acceptors (Lipinski definition) is 3. The van der Waals surface area contributed by atoms with Crippen molar-refractivity contribution < 1.29 is 19.4 Å². The molecule has 0 saturated carbocycles. The number of hydrogen-bond donors (Lipinski definition) is 0. The van der Waals surface area contributed by atoms with Crippen molar-refractivity contribution in [3.63, 3.8) is 0 Å². The van der Waals surface area contributed by atoms with Gasteiger partial charge >= 0.3 is 5.97 Å². The van der Waals surface area contributed by atoms with Crippen molar-refractivity contribution in [3.8, 4) is 0 Å². The van der Waals surface area contributed by atoms with Gasteiger partial charge < -0.3 is 14.6 Å². The smallest absolute Gasteiger partial charge is 0.523 e. The van der Waals surface area contributed by atoms with E-state index in [9.17, 15) is 9.90 Å². The molecule has 0 atom stereocenters. The molecule has 0 aliphatic carbocycles. The Morgan fingerprint density at radius 2 is 2.17 bits per heavy atom. The second-order valence-electron chi connectivity index (χ2n) is 2.42. The van der Waals surface area contributed by atoms with Gasteiger partial charge in [0, 0.05) is 4.79 Å². The molecule has 0 amide bonds. The maximum absolute atomic E-state index is 10.3. The first-order valence-electron chi connectivity index (χ1n) is 3.62. The van der Waals surface area contributed by atoms with E-state index in [1.54, 1.807) is 12.1 Å². The van der Waals surface area contributed by atoms with Crippen LogP contribution in [0.3, 0.4) is 0 Å². The number of rotatable bonds is 4. The highest BCUT2D eigenvalue weighted by atomic mass is 16.4. The van der Waals surface area contributed by atoms with Crippen LogP contribution in [0.2, 0.25) is 0 Å². The Kier molecular flexibility index (Phi) is 2.88. The fourth-order valence-electron chi connectivity index (χ4n) is 0.911. The average Bonchev–Trinajstić information content (AvgIpc) is 2.36. The average molecular weight is 170 g/mol. The molecule has 0 saturated heterocycles. The second kappa shape index (κ2) is 3.92. The summed E-state index contributed by atoms with van der Waals surface area (Å²) in [7, 11) is 0. The van der Waals surface area contributed by atoms with E-state index >= 15 is 0 Å². The molecule has 0 aliphatic rings. The van der Waals surface area contributed by atoms with Crippen LogP contribution in [0, 0.1) is 0 Å². The van der Waals surface area contributed by atoms with Gasteiger partial charge in [-0.3, -0.25) is 0 Å². The van der Waals surface area contributed by atoms with Gasteiger partial charge in [-0.2, -0.15) is 0 Å². The molecular weight excluding hydrogens is 160 g/mol. The largest absolute Gasteiger partial charge is 0.854 e. The Morgan fingerprint density at radius 1 is 1.50 bits per heavy atom. The third-order valence-corrected chi connectivity index (χ3v) is 1.40. The summed E-state index contributed by atoms with van der Waals surface area (Å²) in [5.41, 5.74) is 0. The SMILES string of the molecule is O=C([OH2+])Cc1ccc(CC[O-])o1. The molecule has 0 bridgehead atoms. The van der Waals surface area contributed by atoms with Crippen LogP contribution in [0.25, 0.3) is 0 Å². The minimum Gasteiger partial charge on any atom is -0.854 e. The fraction of sp³-hybridized carbons (Fsp3) is 0.375. The second-order valence-corrected chi connectivity index (χ2v) is 2.42. The molecule has 4 heteroatoms. The van der Waals surface area contributed by atoms with Crippen LogP contribution in [0.5, 0.6) is 0 Å². The lowest BCUT2D eigenvalue weighted by Crippen LogP contribution is -2.07. The molecule has 66 valence electrons. The van der Waals surface area contributed by atoms with Crippen LogP contribution in [0.4, 0.5) is 0 Å². The van der Waals surface area contributed by atoms with E-state index < -0.39 is 5.97 Å². The molecule has 1 aromatic rings. The van der Waals surface area contributed by atoms with Crippen molar-refractivity contribution in [3.05, 3.63) is 23.7 Å². The molecule has 0 spiro atoms. The van der Waals surface area contributed by atoms with Gasteiger partial charge in [0.05, 0.1) is 0 Å². The van der Waals surface area contributed by atoms with Crippen LogP contribution in [0.15, 0.2) is 16.5 Å². The number of carbonyl (C=O) groups excluding carboxylic acids is 1. The molecule has 1 rings (SSSR count). The lowest BCUT2D eigenvalue weighted by molar-refractivity contribution is -0.367. The zero-order valence-electron chi connectivity index (χ0n) is 6.50. The van der Waals surface area contributed by atoms with Gasteiger partial charge in [-0.25, -0.2) is 0 Å². The van der Waals surface area contributed by atoms with Crippen molar-refractivity contribution in [2.75, 3.05) is 6.61 Å². The quantitative estimate of drug-likeness (QED) is 0.542. The van der Waals surface area contributed by atoms with Gasteiger partial charge in [0.15, 0.2) is 6.42 Å². The monoisotopic (exact) mass is 170 g/mol. The van der Waals surface area contributed by atoms with E-state index in [-0.39, 0.29) is 13.0 Å². The summed E-state index contributed by atoms with van der Waals surface area (Å²) < 4.78 is 5.09. The van der Waals surface area contributed by atoms with Crippen LogP contribution in [-0.4, -0.2) is 17.7 Å². The van der Waals surface area contributed by atoms with Crippen LogP contribution in [0.1, 0.15) is 11.5 Å². The molecular formula is C8H10O4. The summed E-state index contributed by atoms with van der Waals surface area (Å²) in [5.74, 6) is 0.359. The molecule has 0 aromatic carbocycles. The van der Waals surface area contributed by atoms with Crippen LogP contribution >= 0.6 is 0 Å². The van der Waals surface area contributed by atoms with Crippen molar-refractivity contribution in [1.82, 2.24) is 0 Å². The highest BCUT2D eigenvalue weighted by molar-refractivity contribution is 5.69. The Bertz CT molecular complexity index is 264. The Hall–Kier alpha value is -1.29. The summed E-state index contributed by atoms with van der Waals surface area (Å²) >= 11 is 0. The topological polar surface area (TPSA) is 76.2 Å². The molecule has 0 radical (unpaired) electrons. The van der Waals surface area contributed by atoms with Gasteiger partial charge in [0.1, 0.15) is 11.5 Å². The number of carbonyl (C=O) groups is 1. The zero-order valence-corrected chi connectivity index (χ0v) is 6.50. The fourth-order valence-corrected chi connectivity index (χ4v) is 0.911. The lowest BCUT2D eigenvalue weighted by Gasteiger charge is -1.97. The van der Waals surface area contributed by atoms with Crippen LogP contribution < -0.4 is 5.11 Å². The standard InChI is InChI=1S/C8H9O4/c9-4-3-6-1-2-7(12-6)5-8(10)11/h1-2H,3-5H2,(H,10,11)/q-1/p+1. The maximum atomic E-state index is 10.3. The van der Waals surface area contributed by atoms with E-state index in [4.69, 9.17) is 9.52 Å². The van der Waals surface area contributed by atoms with E-state index in [1.807, 2.05) is 0 Å². The third kappa shape index (κ3) is 2.39. The van der Waals surface area contributed by atoms with Crippen molar-refractivity contribution in [1.29, 1.82) is 0 Å². The van der Waals surface area contributed by atoms with Crippen molar-refractivity contribution in [2.24, 2.45) is 0 Å². The van der Waals surface area contributed by atoms with E-state index in [2.05, 4.69) is 0 Å². The number of furan rings is 1. The minimum atomic E-state index is -0.682. The van der Waals surface area contributed by atoms with Gasteiger partial charge in [0.25, 0.3) is 0 Å². The minimum absolute atomic E-state index is 0.0150. The normalized spacial score (nSPS) is 10.1. The lowest BCUT2D eigenvalue weighted by atomic mass is 10.3. The van der Waals surface area contributed by atoms with Gasteiger partial charge in [-0.05, 0) is 18.6 Å². The van der Waals surface area contributed by atoms with Gasteiger partial charge in [-0.15, -0.1) is 6.61 Å². The summed E-state index contributed by atoms with van der Waals surface area (Å²) in [6.07, 6.45) is 0.324. The summed E-state index contributed by atoms with van der Waals surface area (Å²) in [4.78, 5) is 10.3. The van der Waals surface area contributed by atoms with Crippen LogP contribution in [-0.2, 0) is 17.6 Å². The summed E-state index contributed by atoms with van der Waals surface area (Å²) in [6.45, 7) is -0.220. The predicted molar refractivity (Wildman–Crippen MR) is 39.6 cm³/mol. The Morgan fingerprint density at radius 3 is 2.75 bits per heavy atom. The highest BCUT2D eigenvalue weighted by Gasteiger charge is 2.10. The van der Waals surface area contributed by atoms with E-state index in [0.717, 1.165) is 0 Å². The third-order valence-electron chi connectivity index (χ3n) is 1.40. The maximum Gasteiger partial charge on any atom is 0.523 e. The predicted octanol–water partition coefficient (Wildman–Crippen LogP) is -1.02. The van der Waals surface area contributed by atoms with Gasteiger partial charge in [-0.1, -0.05) is 0 Å². The molecule has 4 nitrogen and oxygen atoms in total. The zero-order chi connectivity index (χ0) is 8.97. The summed E-state index contributed by atoms with van der Waals surface area (Å²) in [6, 6.07) is 3.29. The molecule has 1 heterocycles. The molecule has 1 aromatic heterocycles. The highest BCUT2D eigenvalue weighted by Crippen LogP contribution is 2.08. The first-order chi connectivity index (χ1) is 5.72. The molecule has 0 fully saturated rings. The van der Waals surface area contributed by atoms with E-state index in [1.165, 1.54) is 0 Å². The first kappa shape index (κ1) is 8.80. The van der Waals surface area contributed by atoms with Gasteiger partial charge in [0.2, 0.25) is 0 Å². The molecule has 0 aliphatic heterocycles. The summed E-state index contributed by atoms with van der Waals surface area (Å²) in [5, 5.41) is 16.8. The first-order valence-corrected chi connectivity index (χ1v) is 3.62. The van der Waals surface area contributed by atoms with Crippen molar-refractivity contribution in [2.45, 2.75) is 12.8 Å². The molecule has 12 heavy (non-hydrogen) atoms. The Labute approximate surface area is 69.4 Å². The Balaban J connectivity index is 2.58. The van der Waals surface area contributed by atoms with E-state index in [0.29, 0.717) is 17.9 Å². The molecule has 2 N–H and O–H groups in total.